The number of pyridine rings is 1. The molecule has 0 saturated heterocycles. The molecule has 7 heteroatoms. The monoisotopic (exact) mass is 252 g/mol. The summed E-state index contributed by atoms with van der Waals surface area (Å²) in [4.78, 5) is 26.8. The normalized spacial score (nSPS) is 9.83. The smallest absolute Gasteiger partial charge is 0.272 e. The minimum atomic E-state index is -0.477. The van der Waals surface area contributed by atoms with E-state index in [4.69, 9.17) is 10.5 Å². The number of hydrogen-bond donors (Lipinski definition) is 3. The molecule has 0 spiro atoms. The topological polar surface area (TPSA) is 106 Å². The van der Waals surface area contributed by atoms with Crippen molar-refractivity contribution >= 4 is 17.5 Å². The summed E-state index contributed by atoms with van der Waals surface area (Å²) in [5.41, 5.74) is 5.97. The van der Waals surface area contributed by atoms with Crippen molar-refractivity contribution in [1.29, 1.82) is 0 Å². The third kappa shape index (κ3) is 4.38. The molecule has 0 atom stereocenters. The van der Waals surface area contributed by atoms with Gasteiger partial charge in [0.15, 0.2) is 5.69 Å². The molecule has 0 saturated carbocycles. The van der Waals surface area contributed by atoms with Crippen LogP contribution < -0.4 is 16.4 Å². The molecular weight excluding hydrogens is 236 g/mol. The maximum absolute atomic E-state index is 11.6. The first-order chi connectivity index (χ1) is 8.65. The highest BCUT2D eigenvalue weighted by Crippen LogP contribution is 2.05. The highest BCUT2D eigenvalue weighted by molar-refractivity contribution is 5.98. The minimum absolute atomic E-state index is 0.113. The number of nitrogen functional groups attached to an aromatic ring is 1. The maximum atomic E-state index is 11.6. The zero-order chi connectivity index (χ0) is 13.4. The van der Waals surface area contributed by atoms with E-state index in [-0.39, 0.29) is 23.8 Å². The Hall–Kier alpha value is -2.15. The Bertz CT molecular complexity index is 423. The first-order valence-corrected chi connectivity index (χ1v) is 5.39. The zero-order valence-electron chi connectivity index (χ0n) is 10.1. The minimum Gasteiger partial charge on any atom is -0.397 e. The van der Waals surface area contributed by atoms with Gasteiger partial charge in [-0.15, -0.1) is 0 Å². The molecule has 7 nitrogen and oxygen atoms in total. The highest BCUT2D eigenvalue weighted by Gasteiger charge is 2.11. The third-order valence-corrected chi connectivity index (χ3v) is 2.09. The number of aromatic nitrogens is 1. The van der Waals surface area contributed by atoms with E-state index in [9.17, 15) is 9.59 Å². The Labute approximate surface area is 105 Å². The summed E-state index contributed by atoms with van der Waals surface area (Å²) in [5.74, 6) is -0.773. The van der Waals surface area contributed by atoms with Gasteiger partial charge >= 0.3 is 0 Å². The predicted octanol–water partition coefficient (Wildman–Crippen LogP) is -0.844. The molecule has 18 heavy (non-hydrogen) atoms. The fourth-order valence-corrected chi connectivity index (χ4v) is 1.21. The highest BCUT2D eigenvalue weighted by atomic mass is 16.5. The molecular formula is C11H16N4O3. The lowest BCUT2D eigenvalue weighted by Crippen LogP contribution is -2.38. The Kier molecular flexibility index (Phi) is 5.59. The maximum Gasteiger partial charge on any atom is 0.272 e. The van der Waals surface area contributed by atoms with Gasteiger partial charge in [-0.25, -0.2) is 4.98 Å². The van der Waals surface area contributed by atoms with Crippen LogP contribution >= 0.6 is 0 Å². The van der Waals surface area contributed by atoms with Gasteiger partial charge in [0.05, 0.1) is 18.8 Å². The summed E-state index contributed by atoms with van der Waals surface area (Å²) in [5, 5.41) is 5.01. The van der Waals surface area contributed by atoms with Crippen molar-refractivity contribution in [2.24, 2.45) is 0 Å². The summed E-state index contributed by atoms with van der Waals surface area (Å²) < 4.78 is 4.77. The van der Waals surface area contributed by atoms with Crippen LogP contribution in [0.3, 0.4) is 0 Å². The number of hydrogen-bond acceptors (Lipinski definition) is 5. The summed E-state index contributed by atoms with van der Waals surface area (Å²) in [6.45, 7) is 0.697. The summed E-state index contributed by atoms with van der Waals surface area (Å²) in [7, 11) is 1.54. The zero-order valence-corrected chi connectivity index (χ0v) is 10.1. The molecule has 98 valence electrons. The molecule has 1 heterocycles. The van der Waals surface area contributed by atoms with E-state index in [2.05, 4.69) is 15.6 Å². The average molecular weight is 252 g/mol. The number of anilines is 1. The predicted molar refractivity (Wildman–Crippen MR) is 65.9 cm³/mol. The van der Waals surface area contributed by atoms with E-state index >= 15 is 0 Å². The van der Waals surface area contributed by atoms with E-state index < -0.39 is 5.91 Å². The van der Waals surface area contributed by atoms with Gasteiger partial charge in [0.25, 0.3) is 5.91 Å². The molecule has 0 bridgehead atoms. The number of amides is 2. The molecule has 0 fully saturated rings. The van der Waals surface area contributed by atoms with Crippen molar-refractivity contribution in [3.63, 3.8) is 0 Å². The largest absolute Gasteiger partial charge is 0.397 e. The standard InChI is InChI=1S/C11H16N4O3/c1-18-6-5-13-9(16)7-15-11(17)10-8(12)3-2-4-14-10/h2-4H,5-7,12H2,1H3,(H,13,16)(H,15,17). The number of nitrogens with two attached hydrogens (primary N) is 1. The molecule has 4 N–H and O–H groups in total. The Morgan fingerprint density at radius 3 is 2.89 bits per heavy atom. The van der Waals surface area contributed by atoms with Crippen LogP contribution in [0.5, 0.6) is 0 Å². The number of carbonyl (C=O) groups is 2. The SMILES string of the molecule is COCCNC(=O)CNC(=O)c1ncccc1N. The Balaban J connectivity index is 2.38. The Morgan fingerprint density at radius 1 is 1.44 bits per heavy atom. The van der Waals surface area contributed by atoms with Gasteiger partial charge in [-0.1, -0.05) is 0 Å². The van der Waals surface area contributed by atoms with Crippen molar-refractivity contribution in [2.75, 3.05) is 32.5 Å². The van der Waals surface area contributed by atoms with Crippen molar-refractivity contribution in [3.05, 3.63) is 24.0 Å². The van der Waals surface area contributed by atoms with Gasteiger partial charge in [-0.05, 0) is 12.1 Å². The van der Waals surface area contributed by atoms with Crippen molar-refractivity contribution in [1.82, 2.24) is 15.6 Å². The first-order valence-electron chi connectivity index (χ1n) is 5.39. The second-order valence-corrected chi connectivity index (χ2v) is 3.47. The van der Waals surface area contributed by atoms with Crippen LogP contribution in [0.4, 0.5) is 5.69 Å². The van der Waals surface area contributed by atoms with Crippen molar-refractivity contribution in [3.8, 4) is 0 Å². The van der Waals surface area contributed by atoms with Crippen molar-refractivity contribution in [2.45, 2.75) is 0 Å². The van der Waals surface area contributed by atoms with E-state index in [1.165, 1.54) is 13.3 Å². The van der Waals surface area contributed by atoms with E-state index in [0.717, 1.165) is 0 Å². The van der Waals surface area contributed by atoms with Gasteiger partial charge < -0.3 is 21.1 Å². The van der Waals surface area contributed by atoms with Crippen LogP contribution in [0, 0.1) is 0 Å². The molecule has 1 rings (SSSR count). The van der Waals surface area contributed by atoms with Gasteiger partial charge in [0, 0.05) is 19.9 Å². The van der Waals surface area contributed by atoms with Gasteiger partial charge in [0.2, 0.25) is 5.91 Å². The lowest BCUT2D eigenvalue weighted by molar-refractivity contribution is -0.120. The molecule has 1 aromatic heterocycles. The number of ether oxygens (including phenoxy) is 1. The van der Waals surface area contributed by atoms with Gasteiger partial charge in [0.1, 0.15) is 0 Å². The van der Waals surface area contributed by atoms with E-state index in [1.54, 1.807) is 12.1 Å². The fraction of sp³-hybridized carbons (Fsp3) is 0.364. The molecule has 1 aromatic rings. The lowest BCUT2D eigenvalue weighted by atomic mass is 10.3. The third-order valence-electron chi connectivity index (χ3n) is 2.09. The van der Waals surface area contributed by atoms with Crippen molar-refractivity contribution < 1.29 is 14.3 Å². The second kappa shape index (κ2) is 7.23. The lowest BCUT2D eigenvalue weighted by Gasteiger charge is -2.07. The van der Waals surface area contributed by atoms with Crippen LogP contribution in [-0.2, 0) is 9.53 Å². The van der Waals surface area contributed by atoms with Gasteiger partial charge in [-0.3, -0.25) is 9.59 Å². The van der Waals surface area contributed by atoms with Crippen LogP contribution in [-0.4, -0.2) is 43.6 Å². The van der Waals surface area contributed by atoms with Crippen LogP contribution in [0.25, 0.3) is 0 Å². The summed E-state index contributed by atoms with van der Waals surface area (Å²) in [6.07, 6.45) is 1.46. The number of methoxy groups -OCH3 is 1. The van der Waals surface area contributed by atoms with Crippen LogP contribution in [0.2, 0.25) is 0 Å². The van der Waals surface area contributed by atoms with Crippen LogP contribution in [0.1, 0.15) is 10.5 Å². The molecule has 2 amide bonds. The first kappa shape index (κ1) is 13.9. The Morgan fingerprint density at radius 2 is 2.22 bits per heavy atom. The van der Waals surface area contributed by atoms with E-state index in [1.807, 2.05) is 0 Å². The molecule has 0 aliphatic rings. The molecule has 0 aliphatic heterocycles. The van der Waals surface area contributed by atoms with Gasteiger partial charge in [-0.2, -0.15) is 0 Å². The number of rotatable bonds is 6. The summed E-state index contributed by atoms with van der Waals surface area (Å²) >= 11 is 0. The quantitative estimate of drug-likeness (QED) is 0.572. The fourth-order valence-electron chi connectivity index (χ4n) is 1.21. The van der Waals surface area contributed by atoms with Crippen LogP contribution in [0.15, 0.2) is 18.3 Å². The average Bonchev–Trinajstić information content (AvgIpc) is 2.37. The molecule has 0 unspecified atom stereocenters. The number of nitrogens with zero attached hydrogens (tertiary/aromatic N) is 1. The van der Waals surface area contributed by atoms with E-state index in [0.29, 0.717) is 13.2 Å². The number of nitrogens with one attached hydrogen (secondary N) is 2. The molecule has 0 aromatic carbocycles. The summed E-state index contributed by atoms with van der Waals surface area (Å²) in [6, 6.07) is 3.20. The molecule has 0 radical (unpaired) electrons. The number of carbonyl (C=O) groups excluding carboxylic acids is 2. The molecule has 0 aliphatic carbocycles. The second-order valence-electron chi connectivity index (χ2n) is 3.47.